The maximum absolute atomic E-state index is 13.7. The number of benzene rings is 1. The molecule has 2 amide bonds. The van der Waals surface area contributed by atoms with Gasteiger partial charge in [0.25, 0.3) is 5.91 Å². The van der Waals surface area contributed by atoms with Crippen molar-refractivity contribution in [2.75, 3.05) is 10.6 Å². The number of hydrogen-bond acceptors (Lipinski definition) is 3. The zero-order valence-corrected chi connectivity index (χ0v) is 16.1. The molecule has 0 radical (unpaired) electrons. The summed E-state index contributed by atoms with van der Waals surface area (Å²) in [6.45, 7) is 1.11. The van der Waals surface area contributed by atoms with E-state index >= 15 is 0 Å². The van der Waals surface area contributed by atoms with E-state index in [0.29, 0.717) is 7.05 Å². The van der Waals surface area contributed by atoms with E-state index in [1.807, 2.05) is 0 Å². The fourth-order valence-electron chi connectivity index (χ4n) is 2.42. The Morgan fingerprint density at radius 1 is 1.03 bits per heavy atom. The van der Waals surface area contributed by atoms with E-state index in [0.717, 1.165) is 25.1 Å². The van der Waals surface area contributed by atoms with Crippen LogP contribution >= 0.6 is 11.6 Å². The highest BCUT2D eigenvalue weighted by Gasteiger charge is 2.64. The molecule has 0 atom stereocenters. The maximum atomic E-state index is 13.7. The summed E-state index contributed by atoms with van der Waals surface area (Å²) in [5.41, 5.74) is -5.54. The lowest BCUT2D eigenvalue weighted by Crippen LogP contribution is -2.36. The molecule has 0 aliphatic heterocycles. The molecule has 31 heavy (non-hydrogen) atoms. The highest BCUT2D eigenvalue weighted by Crippen LogP contribution is 2.49. The number of hydrogen-bond donors (Lipinski definition) is 2. The van der Waals surface area contributed by atoms with Gasteiger partial charge in [0.15, 0.2) is 5.69 Å². The molecule has 2 aromatic rings. The van der Waals surface area contributed by atoms with Gasteiger partial charge in [0.2, 0.25) is 5.91 Å². The summed E-state index contributed by atoms with van der Waals surface area (Å²) >= 11 is 5.81. The summed E-state index contributed by atoms with van der Waals surface area (Å²) in [5.74, 6) is -9.30. The average Bonchev–Trinajstić information content (AvgIpc) is 2.92. The number of rotatable bonds is 4. The van der Waals surface area contributed by atoms with Crippen LogP contribution < -0.4 is 10.6 Å². The Labute approximate surface area is 173 Å². The molecular formula is C16H11ClF8N4O2. The molecule has 0 unspecified atom stereocenters. The maximum Gasteiger partial charge on any atom is 0.459 e. The van der Waals surface area contributed by atoms with E-state index in [4.69, 9.17) is 11.6 Å². The second-order valence-corrected chi connectivity index (χ2v) is 6.50. The summed E-state index contributed by atoms with van der Waals surface area (Å²) in [4.78, 5) is 23.5. The SMILES string of the molecule is CC(=O)Nc1cc(C(=O)Nc2c(C(F)(F)F)c(C(F)(F)C(F)(F)F)nn2C)ccc1Cl. The van der Waals surface area contributed by atoms with Crippen LogP contribution in [0.2, 0.25) is 5.02 Å². The standard InChI is InChI=1S/C16H11ClF8N4O2/c1-6(30)26-9-5-7(3-4-8(9)17)13(31)27-12-10(15(20,21)22)11(28-29(12)2)14(18,19)16(23,24)25/h3-5H,1-2H3,(H,26,30)(H,27,31). The van der Waals surface area contributed by atoms with Gasteiger partial charge in [-0.05, 0) is 18.2 Å². The number of amides is 2. The van der Waals surface area contributed by atoms with Crippen molar-refractivity contribution in [1.82, 2.24) is 9.78 Å². The van der Waals surface area contributed by atoms with Gasteiger partial charge in [-0.1, -0.05) is 11.6 Å². The number of aromatic nitrogens is 2. The van der Waals surface area contributed by atoms with Crippen molar-refractivity contribution in [2.45, 2.75) is 25.2 Å². The topological polar surface area (TPSA) is 76.0 Å². The van der Waals surface area contributed by atoms with Crippen LogP contribution in [0.4, 0.5) is 46.6 Å². The smallest absolute Gasteiger partial charge is 0.325 e. The van der Waals surface area contributed by atoms with Gasteiger partial charge in [0, 0.05) is 19.5 Å². The van der Waals surface area contributed by atoms with Crippen molar-refractivity contribution in [1.29, 1.82) is 0 Å². The molecule has 0 saturated carbocycles. The van der Waals surface area contributed by atoms with Gasteiger partial charge in [-0.2, -0.15) is 40.2 Å². The van der Waals surface area contributed by atoms with Crippen molar-refractivity contribution in [3.05, 3.63) is 40.0 Å². The molecule has 1 heterocycles. The van der Waals surface area contributed by atoms with Crippen LogP contribution in [0.1, 0.15) is 28.5 Å². The number of nitrogens with zero attached hydrogens (tertiary/aromatic N) is 2. The first-order valence-corrected chi connectivity index (χ1v) is 8.32. The summed E-state index contributed by atoms with van der Waals surface area (Å²) in [6.07, 6.45) is -12.1. The fourth-order valence-corrected chi connectivity index (χ4v) is 2.59. The van der Waals surface area contributed by atoms with Crippen molar-refractivity contribution < 1.29 is 44.7 Å². The minimum absolute atomic E-state index is 0.0321. The lowest BCUT2D eigenvalue weighted by molar-refractivity contribution is -0.292. The minimum Gasteiger partial charge on any atom is -0.325 e. The molecule has 0 bridgehead atoms. The van der Waals surface area contributed by atoms with Crippen LogP contribution in [0.25, 0.3) is 0 Å². The van der Waals surface area contributed by atoms with E-state index in [1.54, 1.807) is 5.32 Å². The number of aryl methyl sites for hydroxylation is 1. The molecule has 6 nitrogen and oxygen atoms in total. The molecule has 1 aromatic carbocycles. The van der Waals surface area contributed by atoms with Gasteiger partial charge < -0.3 is 10.6 Å². The Morgan fingerprint density at radius 2 is 1.61 bits per heavy atom. The van der Waals surface area contributed by atoms with Crippen LogP contribution in [0.3, 0.4) is 0 Å². The quantitative estimate of drug-likeness (QED) is 0.610. The van der Waals surface area contributed by atoms with Crippen LogP contribution in [-0.4, -0.2) is 27.8 Å². The molecule has 0 spiro atoms. The molecule has 2 N–H and O–H groups in total. The number of carbonyl (C=O) groups excluding carboxylic acids is 2. The molecule has 2 rings (SSSR count). The van der Waals surface area contributed by atoms with Crippen LogP contribution in [0, 0.1) is 0 Å². The van der Waals surface area contributed by atoms with Crippen LogP contribution in [0.15, 0.2) is 18.2 Å². The second kappa shape index (κ2) is 7.98. The lowest BCUT2D eigenvalue weighted by Gasteiger charge is -2.19. The third-order valence-corrected chi connectivity index (χ3v) is 4.08. The predicted molar refractivity (Wildman–Crippen MR) is 91.9 cm³/mol. The van der Waals surface area contributed by atoms with E-state index in [-0.39, 0.29) is 21.0 Å². The monoisotopic (exact) mass is 478 g/mol. The fraction of sp³-hybridized carbons (Fsp3) is 0.312. The molecule has 15 heteroatoms. The molecular weight excluding hydrogens is 468 g/mol. The molecule has 170 valence electrons. The first-order valence-electron chi connectivity index (χ1n) is 7.94. The summed E-state index contributed by atoms with van der Waals surface area (Å²) in [5, 5.41) is 6.51. The first-order chi connectivity index (χ1) is 14.0. The highest BCUT2D eigenvalue weighted by atomic mass is 35.5. The number of carbonyl (C=O) groups is 2. The second-order valence-electron chi connectivity index (χ2n) is 6.10. The number of anilines is 2. The van der Waals surface area contributed by atoms with Gasteiger partial charge in [0.05, 0.1) is 10.7 Å². The summed E-state index contributed by atoms with van der Waals surface area (Å²) < 4.78 is 105. The predicted octanol–water partition coefficient (Wildman–Crippen LogP) is 4.96. The Hall–Kier alpha value is -2.90. The van der Waals surface area contributed by atoms with Gasteiger partial charge in [0.1, 0.15) is 11.4 Å². The highest BCUT2D eigenvalue weighted by molar-refractivity contribution is 6.34. The van der Waals surface area contributed by atoms with Crippen molar-refractivity contribution >= 4 is 34.9 Å². The summed E-state index contributed by atoms with van der Waals surface area (Å²) in [6, 6.07) is 3.10. The van der Waals surface area contributed by atoms with Crippen molar-refractivity contribution in [3.63, 3.8) is 0 Å². The van der Waals surface area contributed by atoms with Crippen molar-refractivity contribution in [3.8, 4) is 0 Å². The number of halogens is 9. The third-order valence-electron chi connectivity index (χ3n) is 3.76. The Balaban J connectivity index is 2.56. The van der Waals surface area contributed by atoms with E-state index in [9.17, 15) is 44.7 Å². The van der Waals surface area contributed by atoms with Gasteiger partial charge >= 0.3 is 18.3 Å². The van der Waals surface area contributed by atoms with Gasteiger partial charge in [-0.25, -0.2) is 0 Å². The Bertz CT molecular complexity index is 1030. The number of nitrogens with one attached hydrogen (secondary N) is 2. The summed E-state index contributed by atoms with van der Waals surface area (Å²) in [7, 11) is 0.644. The Kier molecular flexibility index (Phi) is 6.27. The molecule has 1 aromatic heterocycles. The number of alkyl halides is 8. The van der Waals surface area contributed by atoms with Gasteiger partial charge in [-0.3, -0.25) is 14.3 Å². The third kappa shape index (κ3) is 4.89. The molecule has 0 saturated heterocycles. The van der Waals surface area contributed by atoms with E-state index < -0.39 is 47.2 Å². The first kappa shape index (κ1) is 24.4. The normalized spacial score (nSPS) is 12.6. The van der Waals surface area contributed by atoms with E-state index in [1.165, 1.54) is 0 Å². The lowest BCUT2D eigenvalue weighted by atomic mass is 10.1. The Morgan fingerprint density at radius 3 is 2.10 bits per heavy atom. The van der Waals surface area contributed by atoms with Crippen LogP contribution in [0.5, 0.6) is 0 Å². The average molecular weight is 479 g/mol. The zero-order chi connectivity index (χ0) is 23.9. The largest absolute Gasteiger partial charge is 0.459 e. The molecule has 0 aliphatic carbocycles. The van der Waals surface area contributed by atoms with E-state index in [2.05, 4.69) is 10.4 Å². The molecule has 0 fully saturated rings. The van der Waals surface area contributed by atoms with Gasteiger partial charge in [-0.15, -0.1) is 0 Å². The van der Waals surface area contributed by atoms with Crippen LogP contribution in [-0.2, 0) is 23.9 Å². The zero-order valence-electron chi connectivity index (χ0n) is 15.3. The molecule has 0 aliphatic rings. The minimum atomic E-state index is -6.37. The van der Waals surface area contributed by atoms with Crippen molar-refractivity contribution in [2.24, 2.45) is 7.05 Å².